The Morgan fingerprint density at radius 2 is 2.00 bits per heavy atom. The number of nitrogens with zero attached hydrogens (tertiary/aromatic N) is 2. The van der Waals surface area contributed by atoms with Gasteiger partial charge in [-0.3, -0.25) is 4.99 Å². The second kappa shape index (κ2) is 8.75. The van der Waals surface area contributed by atoms with Crippen LogP contribution in [0, 0.1) is 0 Å². The molecular formula is C19H31N3O3S. The van der Waals surface area contributed by atoms with Crippen LogP contribution in [-0.4, -0.2) is 63.1 Å². The Hall–Kier alpha value is -1.76. The number of hydrogen-bond acceptors (Lipinski definition) is 4. The van der Waals surface area contributed by atoms with Gasteiger partial charge in [-0.15, -0.1) is 0 Å². The van der Waals surface area contributed by atoms with E-state index in [9.17, 15) is 8.42 Å². The summed E-state index contributed by atoms with van der Waals surface area (Å²) >= 11 is 0. The van der Waals surface area contributed by atoms with Crippen molar-refractivity contribution in [3.8, 4) is 5.75 Å². The second-order valence-electron chi connectivity index (χ2n) is 7.19. The molecule has 0 saturated carbocycles. The van der Waals surface area contributed by atoms with Crippen LogP contribution in [0.3, 0.4) is 0 Å². The van der Waals surface area contributed by atoms with E-state index >= 15 is 0 Å². The first-order chi connectivity index (χ1) is 12.3. The largest absolute Gasteiger partial charge is 0.497 e. The topological polar surface area (TPSA) is 71.0 Å². The summed E-state index contributed by atoms with van der Waals surface area (Å²) in [5.74, 6) is 1.85. The highest BCUT2D eigenvalue weighted by molar-refractivity contribution is 7.92. The fraction of sp³-hybridized carbons (Fsp3) is 0.632. The van der Waals surface area contributed by atoms with Crippen LogP contribution in [0.4, 0.5) is 0 Å². The van der Waals surface area contributed by atoms with Crippen molar-refractivity contribution in [3.05, 3.63) is 29.8 Å². The van der Waals surface area contributed by atoms with E-state index < -0.39 is 14.6 Å². The van der Waals surface area contributed by atoms with Gasteiger partial charge in [0.25, 0.3) is 0 Å². The molecule has 1 N–H and O–H groups in total. The summed E-state index contributed by atoms with van der Waals surface area (Å²) in [6.45, 7) is 8.05. The summed E-state index contributed by atoms with van der Waals surface area (Å²) < 4.78 is 28.8. The van der Waals surface area contributed by atoms with E-state index in [4.69, 9.17) is 9.73 Å². The third-order valence-corrected chi connectivity index (χ3v) is 7.26. The Bertz CT molecular complexity index is 712. The van der Waals surface area contributed by atoms with Gasteiger partial charge in [0, 0.05) is 26.2 Å². The number of guanidine groups is 1. The minimum Gasteiger partial charge on any atom is -0.497 e. The van der Waals surface area contributed by atoms with Crippen LogP contribution in [0.25, 0.3) is 0 Å². The SMILES string of the molecule is CCNC(=NCCCc1ccc(OC)cc1)N1CCS(=O)(=O)C(C)(C)C1. The number of hydrogen-bond donors (Lipinski definition) is 1. The Morgan fingerprint density at radius 3 is 2.58 bits per heavy atom. The highest BCUT2D eigenvalue weighted by Crippen LogP contribution is 2.23. The molecule has 1 saturated heterocycles. The molecule has 1 heterocycles. The number of nitrogens with one attached hydrogen (secondary N) is 1. The van der Waals surface area contributed by atoms with Gasteiger partial charge in [0.2, 0.25) is 0 Å². The molecule has 26 heavy (non-hydrogen) atoms. The lowest BCUT2D eigenvalue weighted by Gasteiger charge is -2.39. The fourth-order valence-electron chi connectivity index (χ4n) is 3.01. The van der Waals surface area contributed by atoms with Gasteiger partial charge in [-0.25, -0.2) is 8.42 Å². The normalized spacial score (nSPS) is 19.2. The molecule has 0 unspecified atom stereocenters. The Balaban J connectivity index is 1.94. The van der Waals surface area contributed by atoms with E-state index in [1.54, 1.807) is 21.0 Å². The molecule has 0 aromatic heterocycles. The first kappa shape index (κ1) is 20.6. The van der Waals surface area contributed by atoms with Gasteiger partial charge in [0.05, 0.1) is 17.6 Å². The van der Waals surface area contributed by atoms with E-state index in [1.165, 1.54) is 5.56 Å². The Kier molecular flexibility index (Phi) is 6.92. The zero-order valence-electron chi connectivity index (χ0n) is 16.3. The van der Waals surface area contributed by atoms with Gasteiger partial charge >= 0.3 is 0 Å². The van der Waals surface area contributed by atoms with Gasteiger partial charge < -0.3 is 15.0 Å². The molecule has 0 amide bonds. The molecule has 6 nitrogen and oxygen atoms in total. The molecule has 0 aliphatic carbocycles. The third-order valence-electron chi connectivity index (χ3n) is 4.72. The summed E-state index contributed by atoms with van der Waals surface area (Å²) in [4.78, 5) is 6.78. The van der Waals surface area contributed by atoms with Crippen LogP contribution in [0.15, 0.2) is 29.3 Å². The second-order valence-corrected chi connectivity index (χ2v) is 9.93. The fourth-order valence-corrected chi connectivity index (χ4v) is 4.38. The van der Waals surface area contributed by atoms with Crippen molar-refractivity contribution in [2.24, 2.45) is 4.99 Å². The van der Waals surface area contributed by atoms with Crippen molar-refractivity contribution >= 4 is 15.8 Å². The van der Waals surface area contributed by atoms with Crippen LogP contribution in [0.2, 0.25) is 0 Å². The van der Waals surface area contributed by atoms with E-state index in [2.05, 4.69) is 22.3 Å². The minimum absolute atomic E-state index is 0.177. The molecule has 1 aromatic carbocycles. The first-order valence-corrected chi connectivity index (χ1v) is 10.8. The molecule has 1 aliphatic rings. The van der Waals surface area contributed by atoms with Gasteiger partial charge in [-0.2, -0.15) is 0 Å². The van der Waals surface area contributed by atoms with E-state index in [-0.39, 0.29) is 5.75 Å². The highest BCUT2D eigenvalue weighted by Gasteiger charge is 2.40. The van der Waals surface area contributed by atoms with Gasteiger partial charge in [-0.05, 0) is 51.3 Å². The number of methoxy groups -OCH3 is 1. The van der Waals surface area contributed by atoms with Crippen molar-refractivity contribution < 1.29 is 13.2 Å². The number of sulfone groups is 1. The van der Waals surface area contributed by atoms with E-state index in [0.717, 1.165) is 31.1 Å². The molecular weight excluding hydrogens is 350 g/mol. The van der Waals surface area contributed by atoms with Crippen molar-refractivity contribution in [3.63, 3.8) is 0 Å². The predicted molar refractivity (Wildman–Crippen MR) is 107 cm³/mol. The molecule has 1 aliphatic heterocycles. The quantitative estimate of drug-likeness (QED) is 0.464. The maximum atomic E-state index is 12.2. The summed E-state index contributed by atoms with van der Waals surface area (Å²) in [7, 11) is -1.38. The smallest absolute Gasteiger partial charge is 0.193 e. The molecule has 2 rings (SSSR count). The lowest BCUT2D eigenvalue weighted by molar-refractivity contribution is 0.353. The molecule has 7 heteroatoms. The molecule has 1 fully saturated rings. The van der Waals surface area contributed by atoms with Crippen molar-refractivity contribution in [1.82, 2.24) is 10.2 Å². The van der Waals surface area contributed by atoms with Crippen LogP contribution in [-0.2, 0) is 16.3 Å². The van der Waals surface area contributed by atoms with Gasteiger partial charge in [0.15, 0.2) is 15.8 Å². The number of benzene rings is 1. The van der Waals surface area contributed by atoms with E-state index in [1.807, 2.05) is 19.1 Å². The summed E-state index contributed by atoms with van der Waals surface area (Å²) in [5.41, 5.74) is 1.26. The zero-order valence-corrected chi connectivity index (χ0v) is 17.1. The third kappa shape index (κ3) is 5.13. The lowest BCUT2D eigenvalue weighted by Crippen LogP contribution is -2.57. The van der Waals surface area contributed by atoms with Gasteiger partial charge in [0.1, 0.15) is 5.75 Å². The number of ether oxygens (including phenoxy) is 1. The van der Waals surface area contributed by atoms with Crippen molar-refractivity contribution in [2.45, 2.75) is 38.4 Å². The molecule has 0 bridgehead atoms. The van der Waals surface area contributed by atoms with Crippen LogP contribution in [0.5, 0.6) is 5.75 Å². The first-order valence-electron chi connectivity index (χ1n) is 9.17. The van der Waals surface area contributed by atoms with Gasteiger partial charge in [-0.1, -0.05) is 12.1 Å². The monoisotopic (exact) mass is 381 g/mol. The van der Waals surface area contributed by atoms with Crippen molar-refractivity contribution in [1.29, 1.82) is 0 Å². The molecule has 146 valence electrons. The van der Waals surface area contributed by atoms with Crippen LogP contribution in [0.1, 0.15) is 32.8 Å². The standard InChI is InChI=1S/C19H31N3O3S/c1-5-20-18(22-13-14-26(23,24)19(2,3)15-22)21-12-6-7-16-8-10-17(25-4)11-9-16/h8-11H,5-7,12-15H2,1-4H3,(H,20,21). The maximum absolute atomic E-state index is 12.2. The summed E-state index contributed by atoms with van der Waals surface area (Å²) in [5, 5.41) is 3.30. The number of aryl methyl sites for hydroxylation is 1. The number of rotatable bonds is 6. The van der Waals surface area contributed by atoms with Crippen molar-refractivity contribution in [2.75, 3.05) is 39.0 Å². The Labute approximate surface area is 157 Å². The highest BCUT2D eigenvalue weighted by atomic mass is 32.2. The lowest BCUT2D eigenvalue weighted by atomic mass is 10.1. The summed E-state index contributed by atoms with van der Waals surface area (Å²) in [6.07, 6.45) is 1.89. The predicted octanol–water partition coefficient (Wildman–Crippen LogP) is 2.10. The zero-order chi connectivity index (χ0) is 19.2. The molecule has 0 radical (unpaired) electrons. The number of aliphatic imine (C=N–C) groups is 1. The van der Waals surface area contributed by atoms with Crippen LogP contribution < -0.4 is 10.1 Å². The molecule has 0 spiro atoms. The maximum Gasteiger partial charge on any atom is 0.193 e. The minimum atomic E-state index is -3.04. The molecule has 0 atom stereocenters. The average Bonchev–Trinajstić information content (AvgIpc) is 2.60. The van der Waals surface area contributed by atoms with E-state index in [0.29, 0.717) is 19.6 Å². The van der Waals surface area contributed by atoms with Crippen LogP contribution >= 0.6 is 0 Å². The molecule has 1 aromatic rings. The summed E-state index contributed by atoms with van der Waals surface area (Å²) in [6, 6.07) is 8.09. The average molecular weight is 382 g/mol. The Morgan fingerprint density at radius 1 is 1.31 bits per heavy atom.